The van der Waals surface area contributed by atoms with Gasteiger partial charge in [-0.15, -0.1) is 10.2 Å². The van der Waals surface area contributed by atoms with Crippen LogP contribution in [-0.2, 0) is 0 Å². The predicted molar refractivity (Wildman–Crippen MR) is 105 cm³/mol. The summed E-state index contributed by atoms with van der Waals surface area (Å²) in [6.07, 6.45) is 2.15. The molecule has 0 saturated carbocycles. The number of rotatable bonds is 4. The van der Waals surface area contributed by atoms with Crippen molar-refractivity contribution in [3.63, 3.8) is 0 Å². The summed E-state index contributed by atoms with van der Waals surface area (Å²) in [6, 6.07) is 15.1. The number of hydrogen-bond donors (Lipinski definition) is 1. The first-order chi connectivity index (χ1) is 13.1. The molecule has 1 aliphatic heterocycles. The number of aromatic hydroxyl groups is 1. The van der Waals surface area contributed by atoms with E-state index in [1.54, 1.807) is 12.1 Å². The van der Waals surface area contributed by atoms with E-state index in [0.717, 1.165) is 31.5 Å². The van der Waals surface area contributed by atoms with E-state index in [4.69, 9.17) is 16.0 Å². The molecule has 1 fully saturated rings. The lowest BCUT2D eigenvalue weighted by molar-refractivity contribution is 0.143. The van der Waals surface area contributed by atoms with Gasteiger partial charge in [0.05, 0.1) is 6.04 Å². The number of hydrogen-bond acceptors (Lipinski definition) is 5. The van der Waals surface area contributed by atoms with Crippen LogP contribution in [0, 0.1) is 0 Å². The minimum absolute atomic E-state index is 0.0752. The van der Waals surface area contributed by atoms with E-state index in [-0.39, 0.29) is 6.04 Å². The molecule has 1 aliphatic rings. The van der Waals surface area contributed by atoms with Gasteiger partial charge in [0.2, 0.25) is 11.8 Å². The van der Waals surface area contributed by atoms with Gasteiger partial charge in [-0.25, -0.2) is 0 Å². The van der Waals surface area contributed by atoms with Gasteiger partial charge in [-0.3, -0.25) is 4.90 Å². The summed E-state index contributed by atoms with van der Waals surface area (Å²) in [7, 11) is 0. The zero-order valence-electron chi connectivity index (χ0n) is 15.2. The Kier molecular flexibility index (Phi) is 5.14. The van der Waals surface area contributed by atoms with Gasteiger partial charge >= 0.3 is 0 Å². The van der Waals surface area contributed by atoms with E-state index in [2.05, 4.69) is 22.0 Å². The first kappa shape index (κ1) is 18.0. The second kappa shape index (κ2) is 7.71. The molecule has 4 rings (SSSR count). The summed E-state index contributed by atoms with van der Waals surface area (Å²) in [6.45, 7) is 4.05. The first-order valence-corrected chi connectivity index (χ1v) is 9.60. The molecule has 0 spiro atoms. The summed E-state index contributed by atoms with van der Waals surface area (Å²) >= 11 is 6.05. The molecule has 1 aromatic heterocycles. The third-order valence-electron chi connectivity index (χ3n) is 5.31. The van der Waals surface area contributed by atoms with Crippen LogP contribution in [0.4, 0.5) is 0 Å². The van der Waals surface area contributed by atoms with Crippen LogP contribution in [-0.4, -0.2) is 33.3 Å². The van der Waals surface area contributed by atoms with Crippen molar-refractivity contribution in [2.24, 2.45) is 0 Å². The Bertz CT molecular complexity index is 902. The Morgan fingerprint density at radius 1 is 1.11 bits per heavy atom. The van der Waals surface area contributed by atoms with Crippen molar-refractivity contribution in [3.8, 4) is 17.2 Å². The van der Waals surface area contributed by atoms with Gasteiger partial charge in [-0.05, 0) is 74.7 Å². The minimum Gasteiger partial charge on any atom is -0.508 e. The average Bonchev–Trinajstić information content (AvgIpc) is 3.18. The summed E-state index contributed by atoms with van der Waals surface area (Å²) < 4.78 is 5.91. The van der Waals surface area contributed by atoms with Crippen molar-refractivity contribution < 1.29 is 9.52 Å². The van der Waals surface area contributed by atoms with Crippen molar-refractivity contribution in [2.45, 2.75) is 31.7 Å². The topological polar surface area (TPSA) is 62.4 Å². The highest BCUT2D eigenvalue weighted by molar-refractivity contribution is 6.30. The fourth-order valence-corrected chi connectivity index (χ4v) is 3.85. The number of halogens is 1. The smallest absolute Gasteiger partial charge is 0.247 e. The second-order valence-electron chi connectivity index (χ2n) is 7.03. The zero-order valence-corrected chi connectivity index (χ0v) is 15.9. The minimum atomic E-state index is 0.0752. The van der Waals surface area contributed by atoms with Gasteiger partial charge in [-0.2, -0.15) is 0 Å². The number of benzene rings is 2. The molecule has 1 saturated heterocycles. The molecule has 0 bridgehead atoms. The van der Waals surface area contributed by atoms with E-state index < -0.39 is 0 Å². The van der Waals surface area contributed by atoms with E-state index in [0.29, 0.717) is 28.5 Å². The standard InChI is InChI=1S/C21H22ClN3O2/c1-14(20-23-24-21(27-20)17-3-2-4-18(22)13-17)25-11-9-16(10-12-25)15-5-7-19(26)8-6-15/h2-8,13-14,16,26H,9-12H2,1H3. The third kappa shape index (κ3) is 3.99. The van der Waals surface area contributed by atoms with Gasteiger partial charge in [0.15, 0.2) is 0 Å². The molecule has 1 N–H and O–H groups in total. The molecule has 0 aliphatic carbocycles. The van der Waals surface area contributed by atoms with Crippen LogP contribution in [0.25, 0.3) is 11.5 Å². The Hall–Kier alpha value is -2.37. The lowest BCUT2D eigenvalue weighted by Gasteiger charge is -2.34. The monoisotopic (exact) mass is 383 g/mol. The van der Waals surface area contributed by atoms with E-state index in [1.807, 2.05) is 36.4 Å². The Morgan fingerprint density at radius 3 is 2.56 bits per heavy atom. The third-order valence-corrected chi connectivity index (χ3v) is 5.55. The highest BCUT2D eigenvalue weighted by atomic mass is 35.5. The highest BCUT2D eigenvalue weighted by Gasteiger charge is 2.27. The number of phenols is 1. The lowest BCUT2D eigenvalue weighted by atomic mass is 9.89. The Morgan fingerprint density at radius 2 is 1.85 bits per heavy atom. The quantitative estimate of drug-likeness (QED) is 0.684. The molecule has 1 atom stereocenters. The molecule has 5 nitrogen and oxygen atoms in total. The van der Waals surface area contributed by atoms with Gasteiger partial charge in [0.1, 0.15) is 5.75 Å². The van der Waals surface area contributed by atoms with Crippen molar-refractivity contribution in [1.29, 1.82) is 0 Å². The van der Waals surface area contributed by atoms with Gasteiger partial charge in [0.25, 0.3) is 0 Å². The van der Waals surface area contributed by atoms with Crippen molar-refractivity contribution in [2.75, 3.05) is 13.1 Å². The first-order valence-electron chi connectivity index (χ1n) is 9.22. The number of likely N-dealkylation sites (tertiary alicyclic amines) is 1. The van der Waals surface area contributed by atoms with Crippen LogP contribution in [0.2, 0.25) is 5.02 Å². The van der Waals surface area contributed by atoms with E-state index in [9.17, 15) is 5.11 Å². The molecular weight excluding hydrogens is 362 g/mol. The average molecular weight is 384 g/mol. The molecule has 140 valence electrons. The van der Waals surface area contributed by atoms with E-state index in [1.165, 1.54) is 5.56 Å². The van der Waals surface area contributed by atoms with Crippen molar-refractivity contribution in [3.05, 3.63) is 65.0 Å². The normalized spacial score (nSPS) is 17.1. The van der Waals surface area contributed by atoms with Crippen LogP contribution in [0.1, 0.15) is 43.2 Å². The highest BCUT2D eigenvalue weighted by Crippen LogP contribution is 2.33. The molecule has 2 aromatic carbocycles. The molecule has 0 radical (unpaired) electrons. The SMILES string of the molecule is CC(c1nnc(-c2cccc(Cl)c2)o1)N1CCC(c2ccc(O)cc2)CC1. The Balaban J connectivity index is 1.41. The molecule has 2 heterocycles. The lowest BCUT2D eigenvalue weighted by Crippen LogP contribution is -2.35. The fourth-order valence-electron chi connectivity index (χ4n) is 3.66. The second-order valence-corrected chi connectivity index (χ2v) is 7.47. The summed E-state index contributed by atoms with van der Waals surface area (Å²) in [5.41, 5.74) is 2.13. The molecule has 0 amide bonds. The van der Waals surface area contributed by atoms with Crippen molar-refractivity contribution >= 4 is 11.6 Å². The number of nitrogens with zero attached hydrogens (tertiary/aromatic N) is 3. The van der Waals surface area contributed by atoms with Gasteiger partial charge < -0.3 is 9.52 Å². The fraction of sp³-hybridized carbons (Fsp3) is 0.333. The molecule has 6 heteroatoms. The van der Waals surface area contributed by atoms with Gasteiger partial charge in [-0.1, -0.05) is 29.8 Å². The molecule has 27 heavy (non-hydrogen) atoms. The molecule has 1 unspecified atom stereocenters. The maximum absolute atomic E-state index is 9.46. The van der Waals surface area contributed by atoms with Crippen molar-refractivity contribution in [1.82, 2.24) is 15.1 Å². The van der Waals surface area contributed by atoms with Crippen LogP contribution >= 0.6 is 11.6 Å². The summed E-state index contributed by atoms with van der Waals surface area (Å²) in [5.74, 6) is 1.97. The number of aromatic nitrogens is 2. The zero-order chi connectivity index (χ0) is 18.8. The molecule has 3 aromatic rings. The van der Waals surface area contributed by atoms with Crippen LogP contribution in [0.3, 0.4) is 0 Å². The summed E-state index contributed by atoms with van der Waals surface area (Å²) in [5, 5.41) is 18.5. The predicted octanol–water partition coefficient (Wildman–Crippen LogP) is 5.04. The van der Waals surface area contributed by atoms with Crippen LogP contribution < -0.4 is 0 Å². The number of phenolic OH excluding ortho intramolecular Hbond substituents is 1. The van der Waals surface area contributed by atoms with Crippen LogP contribution in [0.15, 0.2) is 52.9 Å². The largest absolute Gasteiger partial charge is 0.508 e. The van der Waals surface area contributed by atoms with Crippen LogP contribution in [0.5, 0.6) is 5.75 Å². The maximum Gasteiger partial charge on any atom is 0.247 e. The maximum atomic E-state index is 9.46. The van der Waals surface area contributed by atoms with Gasteiger partial charge in [0, 0.05) is 10.6 Å². The Labute approximate surface area is 163 Å². The number of piperidine rings is 1. The molecular formula is C21H22ClN3O2. The van der Waals surface area contributed by atoms with E-state index >= 15 is 0 Å². The summed E-state index contributed by atoms with van der Waals surface area (Å²) in [4.78, 5) is 2.38.